The zero-order valence-corrected chi connectivity index (χ0v) is 12.6. The maximum Gasteiger partial charge on any atom is 0.190 e. The fraction of sp³-hybridized carbons (Fsp3) is 0.500. The number of nitrogens with zero attached hydrogens (tertiary/aromatic N) is 1. The predicted octanol–water partition coefficient (Wildman–Crippen LogP) is 2.71. The highest BCUT2D eigenvalue weighted by atomic mass is 79.9. The summed E-state index contributed by atoms with van der Waals surface area (Å²) < 4.78 is 13.6. The highest BCUT2D eigenvalue weighted by molar-refractivity contribution is 9.10. The average Bonchev–Trinajstić information content (AvgIpc) is 3.22. The molecule has 5 heteroatoms. The van der Waals surface area contributed by atoms with Gasteiger partial charge in [-0.05, 0) is 58.8 Å². The number of rotatable bonds is 5. The number of aliphatic imine (C=N–C) groups is 1. The molecular weight excluding hydrogens is 309 g/mol. The zero-order chi connectivity index (χ0) is 13.7. The van der Waals surface area contributed by atoms with Crippen molar-refractivity contribution in [2.45, 2.75) is 19.3 Å². The Morgan fingerprint density at radius 2 is 2.21 bits per heavy atom. The van der Waals surface area contributed by atoms with Crippen LogP contribution >= 0.6 is 15.9 Å². The van der Waals surface area contributed by atoms with Crippen LogP contribution < -0.4 is 10.6 Å². The van der Waals surface area contributed by atoms with Gasteiger partial charge < -0.3 is 10.6 Å². The third-order valence-electron chi connectivity index (χ3n) is 3.17. The van der Waals surface area contributed by atoms with Crippen molar-refractivity contribution in [3.05, 3.63) is 34.1 Å². The van der Waals surface area contributed by atoms with E-state index in [1.165, 1.54) is 18.9 Å². The number of benzene rings is 1. The maximum atomic E-state index is 13.1. The molecule has 1 aliphatic rings. The van der Waals surface area contributed by atoms with E-state index in [4.69, 9.17) is 0 Å². The molecule has 104 valence electrons. The van der Waals surface area contributed by atoms with E-state index in [0.29, 0.717) is 4.47 Å². The zero-order valence-electron chi connectivity index (χ0n) is 11.0. The molecule has 0 aromatic heterocycles. The van der Waals surface area contributed by atoms with E-state index in [1.807, 2.05) is 12.1 Å². The number of guanidine groups is 1. The van der Waals surface area contributed by atoms with Crippen LogP contribution in [0.4, 0.5) is 4.39 Å². The van der Waals surface area contributed by atoms with Crippen molar-refractivity contribution in [3.63, 3.8) is 0 Å². The molecule has 0 radical (unpaired) electrons. The van der Waals surface area contributed by atoms with Crippen LogP contribution in [0.1, 0.15) is 18.4 Å². The molecule has 2 rings (SSSR count). The van der Waals surface area contributed by atoms with Crippen LogP contribution in [0, 0.1) is 11.7 Å². The summed E-state index contributed by atoms with van der Waals surface area (Å²) in [6.07, 6.45) is 3.49. The quantitative estimate of drug-likeness (QED) is 0.644. The van der Waals surface area contributed by atoms with Gasteiger partial charge in [0.05, 0.1) is 4.47 Å². The number of halogens is 2. The Kier molecular flexibility index (Phi) is 5.19. The van der Waals surface area contributed by atoms with Crippen LogP contribution in [-0.4, -0.2) is 26.1 Å². The van der Waals surface area contributed by atoms with E-state index in [1.54, 1.807) is 7.05 Å². The second-order valence-corrected chi connectivity index (χ2v) is 5.68. The second-order valence-electron chi connectivity index (χ2n) is 4.82. The molecule has 2 N–H and O–H groups in total. The first kappa shape index (κ1) is 14.3. The van der Waals surface area contributed by atoms with Crippen molar-refractivity contribution < 1.29 is 4.39 Å². The van der Waals surface area contributed by atoms with Gasteiger partial charge >= 0.3 is 0 Å². The van der Waals surface area contributed by atoms with Crippen molar-refractivity contribution in [2.24, 2.45) is 10.9 Å². The van der Waals surface area contributed by atoms with Gasteiger partial charge in [0.25, 0.3) is 0 Å². The number of hydrogen-bond acceptors (Lipinski definition) is 1. The Morgan fingerprint density at radius 1 is 1.42 bits per heavy atom. The molecule has 1 aromatic carbocycles. The second kappa shape index (κ2) is 6.89. The van der Waals surface area contributed by atoms with Gasteiger partial charge in [0.2, 0.25) is 0 Å². The summed E-state index contributed by atoms with van der Waals surface area (Å²) in [5.41, 5.74) is 1.10. The van der Waals surface area contributed by atoms with Gasteiger partial charge in [-0.3, -0.25) is 4.99 Å². The highest BCUT2D eigenvalue weighted by Crippen LogP contribution is 2.27. The highest BCUT2D eigenvalue weighted by Gasteiger charge is 2.20. The SMILES string of the molecule is CN=C(NCCc1ccc(F)c(Br)c1)NCC1CC1. The molecule has 1 fully saturated rings. The summed E-state index contributed by atoms with van der Waals surface area (Å²) in [5.74, 6) is 1.44. The fourth-order valence-corrected chi connectivity index (χ4v) is 2.23. The predicted molar refractivity (Wildman–Crippen MR) is 79.9 cm³/mol. The third kappa shape index (κ3) is 4.82. The Balaban J connectivity index is 1.73. The van der Waals surface area contributed by atoms with Crippen LogP contribution in [0.2, 0.25) is 0 Å². The monoisotopic (exact) mass is 327 g/mol. The van der Waals surface area contributed by atoms with Gasteiger partial charge in [-0.2, -0.15) is 0 Å². The lowest BCUT2D eigenvalue weighted by molar-refractivity contribution is 0.620. The van der Waals surface area contributed by atoms with Crippen LogP contribution in [0.5, 0.6) is 0 Å². The molecule has 0 atom stereocenters. The van der Waals surface area contributed by atoms with Crippen molar-refractivity contribution in [3.8, 4) is 0 Å². The van der Waals surface area contributed by atoms with Crippen LogP contribution in [0.3, 0.4) is 0 Å². The van der Waals surface area contributed by atoms with E-state index in [9.17, 15) is 4.39 Å². The van der Waals surface area contributed by atoms with E-state index < -0.39 is 0 Å². The Labute approximate surface area is 121 Å². The van der Waals surface area contributed by atoms with Crippen molar-refractivity contribution in [1.82, 2.24) is 10.6 Å². The summed E-state index contributed by atoms with van der Waals surface area (Å²) in [4.78, 5) is 4.18. The number of nitrogens with one attached hydrogen (secondary N) is 2. The summed E-state index contributed by atoms with van der Waals surface area (Å²) in [6, 6.07) is 5.11. The lowest BCUT2D eigenvalue weighted by Crippen LogP contribution is -2.39. The van der Waals surface area contributed by atoms with Crippen molar-refractivity contribution in [2.75, 3.05) is 20.1 Å². The largest absolute Gasteiger partial charge is 0.356 e. The Bertz CT molecular complexity index is 458. The molecule has 1 aliphatic carbocycles. The molecule has 0 spiro atoms. The minimum absolute atomic E-state index is 0.224. The van der Waals surface area contributed by atoms with E-state index in [0.717, 1.165) is 37.0 Å². The third-order valence-corrected chi connectivity index (χ3v) is 3.78. The first-order valence-corrected chi connectivity index (χ1v) is 7.37. The molecule has 1 aromatic rings. The van der Waals surface area contributed by atoms with Gasteiger partial charge in [0, 0.05) is 20.1 Å². The summed E-state index contributed by atoms with van der Waals surface area (Å²) in [6.45, 7) is 1.78. The Morgan fingerprint density at radius 3 is 2.84 bits per heavy atom. The normalized spacial score (nSPS) is 15.4. The van der Waals surface area contributed by atoms with Crippen molar-refractivity contribution >= 4 is 21.9 Å². The van der Waals surface area contributed by atoms with Gasteiger partial charge in [-0.15, -0.1) is 0 Å². The minimum atomic E-state index is -0.224. The van der Waals surface area contributed by atoms with Crippen molar-refractivity contribution in [1.29, 1.82) is 0 Å². The lowest BCUT2D eigenvalue weighted by atomic mass is 10.1. The fourth-order valence-electron chi connectivity index (χ4n) is 1.80. The summed E-state index contributed by atoms with van der Waals surface area (Å²) in [5, 5.41) is 6.57. The molecule has 19 heavy (non-hydrogen) atoms. The number of hydrogen-bond donors (Lipinski definition) is 2. The van der Waals surface area contributed by atoms with Gasteiger partial charge in [-0.1, -0.05) is 6.07 Å². The molecule has 0 amide bonds. The van der Waals surface area contributed by atoms with E-state index in [2.05, 4.69) is 31.6 Å². The summed E-state index contributed by atoms with van der Waals surface area (Å²) in [7, 11) is 1.77. The first-order chi connectivity index (χ1) is 9.19. The molecule has 0 unspecified atom stereocenters. The van der Waals surface area contributed by atoms with Crippen LogP contribution in [0.15, 0.2) is 27.7 Å². The Hall–Kier alpha value is -1.10. The molecular formula is C14H19BrFN3. The van der Waals surface area contributed by atoms with Gasteiger partial charge in [0.1, 0.15) is 5.82 Å². The van der Waals surface area contributed by atoms with Gasteiger partial charge in [0.15, 0.2) is 5.96 Å². The molecule has 0 bridgehead atoms. The molecule has 0 saturated heterocycles. The smallest absolute Gasteiger partial charge is 0.190 e. The standard InChI is InChI=1S/C14H19BrFN3/c1-17-14(19-9-11-2-3-11)18-7-6-10-4-5-13(16)12(15)8-10/h4-5,8,11H,2-3,6-7,9H2,1H3,(H2,17,18,19). The van der Waals surface area contributed by atoms with Gasteiger partial charge in [-0.25, -0.2) is 4.39 Å². The average molecular weight is 328 g/mol. The topological polar surface area (TPSA) is 36.4 Å². The van der Waals surface area contributed by atoms with E-state index >= 15 is 0 Å². The van der Waals surface area contributed by atoms with Crippen LogP contribution in [-0.2, 0) is 6.42 Å². The molecule has 0 aliphatic heterocycles. The molecule has 1 saturated carbocycles. The van der Waals surface area contributed by atoms with E-state index in [-0.39, 0.29) is 5.82 Å². The molecule has 3 nitrogen and oxygen atoms in total. The lowest BCUT2D eigenvalue weighted by Gasteiger charge is -2.11. The molecule has 0 heterocycles. The summed E-state index contributed by atoms with van der Waals surface area (Å²) >= 11 is 3.20. The maximum absolute atomic E-state index is 13.1. The van der Waals surface area contributed by atoms with Crippen LogP contribution in [0.25, 0.3) is 0 Å². The first-order valence-electron chi connectivity index (χ1n) is 6.57. The minimum Gasteiger partial charge on any atom is -0.356 e.